The van der Waals surface area contributed by atoms with E-state index in [0.717, 1.165) is 5.69 Å². The van der Waals surface area contributed by atoms with E-state index >= 15 is 0 Å². The van der Waals surface area contributed by atoms with Crippen molar-refractivity contribution in [3.05, 3.63) is 51.8 Å². The second-order valence-electron chi connectivity index (χ2n) is 3.91. The van der Waals surface area contributed by atoms with Crippen molar-refractivity contribution in [3.63, 3.8) is 0 Å². The van der Waals surface area contributed by atoms with Gasteiger partial charge in [0, 0.05) is 12.3 Å². The van der Waals surface area contributed by atoms with Crippen molar-refractivity contribution in [2.45, 2.75) is 6.54 Å². The molecule has 1 heterocycles. The summed E-state index contributed by atoms with van der Waals surface area (Å²) >= 11 is 0. The van der Waals surface area contributed by atoms with Gasteiger partial charge in [-0.25, -0.2) is 0 Å². The fourth-order valence-corrected chi connectivity index (χ4v) is 1.63. The number of hydrogen-bond acceptors (Lipinski definition) is 5. The molecule has 0 atom stereocenters. The molecule has 1 aromatic carbocycles. The van der Waals surface area contributed by atoms with E-state index in [-0.39, 0.29) is 29.5 Å². The first-order valence-corrected chi connectivity index (χ1v) is 5.70. The zero-order valence-corrected chi connectivity index (χ0v) is 10.6. The summed E-state index contributed by atoms with van der Waals surface area (Å²) < 4.78 is 5.01. The van der Waals surface area contributed by atoms with Crippen LogP contribution in [0.5, 0.6) is 5.75 Å². The van der Waals surface area contributed by atoms with E-state index < -0.39 is 4.92 Å². The number of carbonyl (C=O) groups is 1. The number of nitrogens with zero attached hydrogens (tertiary/aromatic N) is 2. The highest BCUT2D eigenvalue weighted by Crippen LogP contribution is 2.24. The number of aromatic amines is 1. The van der Waals surface area contributed by atoms with Gasteiger partial charge in [-0.1, -0.05) is 0 Å². The zero-order chi connectivity index (χ0) is 14.5. The molecular weight excluding hydrogens is 264 g/mol. The molecule has 1 amide bonds. The Morgan fingerprint density at radius 2 is 2.30 bits per heavy atom. The van der Waals surface area contributed by atoms with E-state index in [0.29, 0.717) is 0 Å². The lowest BCUT2D eigenvalue weighted by atomic mass is 10.1. The average Bonchev–Trinajstić information content (AvgIpc) is 2.97. The second-order valence-corrected chi connectivity index (χ2v) is 3.91. The van der Waals surface area contributed by atoms with Gasteiger partial charge in [0.1, 0.15) is 5.75 Å². The van der Waals surface area contributed by atoms with Crippen molar-refractivity contribution in [2.24, 2.45) is 0 Å². The lowest BCUT2D eigenvalue weighted by Crippen LogP contribution is -2.23. The number of aromatic nitrogens is 2. The Labute approximate surface area is 113 Å². The van der Waals surface area contributed by atoms with Gasteiger partial charge in [-0.05, 0) is 12.1 Å². The molecule has 2 rings (SSSR count). The smallest absolute Gasteiger partial charge is 0.273 e. The number of carbonyl (C=O) groups excluding carboxylic acids is 1. The lowest BCUT2D eigenvalue weighted by molar-refractivity contribution is -0.384. The van der Waals surface area contributed by atoms with Crippen LogP contribution in [-0.4, -0.2) is 28.1 Å². The minimum atomic E-state index is -0.547. The Hall–Kier alpha value is -2.90. The third-order valence-electron chi connectivity index (χ3n) is 2.64. The molecule has 0 saturated carbocycles. The summed E-state index contributed by atoms with van der Waals surface area (Å²) in [4.78, 5) is 22.1. The molecule has 0 spiro atoms. The number of nitro benzene ring substituents is 1. The molecule has 1 aromatic heterocycles. The Balaban J connectivity index is 2.14. The van der Waals surface area contributed by atoms with Crippen LogP contribution in [0.3, 0.4) is 0 Å². The number of non-ortho nitro benzene ring substituents is 1. The van der Waals surface area contributed by atoms with Crippen LogP contribution >= 0.6 is 0 Å². The molecule has 2 N–H and O–H groups in total. The SMILES string of the molecule is COc1cc([N+](=O)[O-])ccc1C(=O)NCc1ccn[nH]1. The van der Waals surface area contributed by atoms with Gasteiger partial charge in [0.25, 0.3) is 11.6 Å². The number of H-pyrrole nitrogens is 1. The maximum Gasteiger partial charge on any atom is 0.273 e. The molecule has 0 aliphatic heterocycles. The Bertz CT molecular complexity index is 624. The van der Waals surface area contributed by atoms with Gasteiger partial charge in [0.2, 0.25) is 0 Å². The van der Waals surface area contributed by atoms with Crippen LogP contribution in [0.2, 0.25) is 0 Å². The standard InChI is InChI=1S/C12H12N4O4/c1-20-11-6-9(16(18)19)2-3-10(11)12(17)13-7-8-4-5-14-15-8/h2-6H,7H2,1H3,(H,13,17)(H,14,15). The van der Waals surface area contributed by atoms with Crippen LogP contribution in [-0.2, 0) is 6.54 Å². The number of nitro groups is 1. The van der Waals surface area contributed by atoms with Gasteiger partial charge in [-0.15, -0.1) is 0 Å². The van der Waals surface area contributed by atoms with Crippen LogP contribution < -0.4 is 10.1 Å². The normalized spacial score (nSPS) is 10.1. The number of hydrogen-bond donors (Lipinski definition) is 2. The third kappa shape index (κ3) is 2.91. The number of ether oxygens (including phenoxy) is 1. The van der Waals surface area contributed by atoms with Crippen molar-refractivity contribution >= 4 is 11.6 Å². The number of rotatable bonds is 5. The molecule has 0 aliphatic rings. The van der Waals surface area contributed by atoms with E-state index in [2.05, 4.69) is 15.5 Å². The minimum Gasteiger partial charge on any atom is -0.496 e. The molecule has 2 aromatic rings. The van der Waals surface area contributed by atoms with Gasteiger partial charge >= 0.3 is 0 Å². The van der Waals surface area contributed by atoms with E-state index in [1.807, 2.05) is 0 Å². The van der Waals surface area contributed by atoms with Crippen molar-refractivity contribution in [3.8, 4) is 5.75 Å². The summed E-state index contributed by atoms with van der Waals surface area (Å²) in [7, 11) is 1.35. The summed E-state index contributed by atoms with van der Waals surface area (Å²) in [5, 5.41) is 19.8. The monoisotopic (exact) mass is 276 g/mol. The maximum atomic E-state index is 12.0. The van der Waals surface area contributed by atoms with Crippen molar-refractivity contribution in [1.82, 2.24) is 15.5 Å². The highest BCUT2D eigenvalue weighted by Gasteiger charge is 2.16. The molecule has 0 aliphatic carbocycles. The van der Waals surface area contributed by atoms with Crippen molar-refractivity contribution < 1.29 is 14.5 Å². The highest BCUT2D eigenvalue weighted by molar-refractivity contribution is 5.97. The van der Waals surface area contributed by atoms with Crippen LogP contribution in [0.25, 0.3) is 0 Å². The number of amides is 1. The topological polar surface area (TPSA) is 110 Å². The van der Waals surface area contributed by atoms with Gasteiger partial charge in [0.15, 0.2) is 0 Å². The molecule has 104 valence electrons. The summed E-state index contributed by atoms with van der Waals surface area (Å²) in [5.41, 5.74) is 0.851. The molecular formula is C12H12N4O4. The number of methoxy groups -OCH3 is 1. The molecule has 8 heteroatoms. The quantitative estimate of drug-likeness (QED) is 0.631. The predicted molar refractivity (Wildman–Crippen MR) is 69.4 cm³/mol. The van der Waals surface area contributed by atoms with E-state index in [9.17, 15) is 14.9 Å². The van der Waals surface area contributed by atoms with Gasteiger partial charge in [-0.2, -0.15) is 5.10 Å². The van der Waals surface area contributed by atoms with Crippen LogP contribution in [0.4, 0.5) is 5.69 Å². The largest absolute Gasteiger partial charge is 0.496 e. The van der Waals surface area contributed by atoms with E-state index in [1.165, 1.54) is 25.3 Å². The summed E-state index contributed by atoms with van der Waals surface area (Å²) in [6.07, 6.45) is 1.58. The Morgan fingerprint density at radius 3 is 2.90 bits per heavy atom. The first-order valence-electron chi connectivity index (χ1n) is 5.70. The molecule has 0 unspecified atom stereocenters. The summed E-state index contributed by atoms with van der Waals surface area (Å²) in [6.45, 7) is 0.277. The van der Waals surface area contributed by atoms with Crippen LogP contribution in [0.15, 0.2) is 30.5 Å². The lowest BCUT2D eigenvalue weighted by Gasteiger charge is -2.08. The molecule has 20 heavy (non-hydrogen) atoms. The molecule has 0 fully saturated rings. The average molecular weight is 276 g/mol. The van der Waals surface area contributed by atoms with Gasteiger partial charge in [0.05, 0.1) is 35.9 Å². The third-order valence-corrected chi connectivity index (χ3v) is 2.64. The van der Waals surface area contributed by atoms with Gasteiger partial charge < -0.3 is 10.1 Å². The molecule has 0 bridgehead atoms. The zero-order valence-electron chi connectivity index (χ0n) is 10.6. The highest BCUT2D eigenvalue weighted by atomic mass is 16.6. The molecule has 8 nitrogen and oxygen atoms in total. The number of benzene rings is 1. The summed E-state index contributed by atoms with van der Waals surface area (Å²) in [5.74, 6) is -0.229. The second kappa shape index (κ2) is 5.83. The van der Waals surface area contributed by atoms with Crippen LogP contribution in [0, 0.1) is 10.1 Å². The fourth-order valence-electron chi connectivity index (χ4n) is 1.63. The Morgan fingerprint density at radius 1 is 1.50 bits per heavy atom. The molecule has 0 radical (unpaired) electrons. The minimum absolute atomic E-state index is 0.132. The number of nitrogens with one attached hydrogen (secondary N) is 2. The van der Waals surface area contributed by atoms with Gasteiger partial charge in [-0.3, -0.25) is 20.0 Å². The van der Waals surface area contributed by atoms with Crippen molar-refractivity contribution in [2.75, 3.05) is 7.11 Å². The first kappa shape index (κ1) is 13.5. The fraction of sp³-hybridized carbons (Fsp3) is 0.167. The molecule has 0 saturated heterocycles. The Kier molecular flexibility index (Phi) is 3.94. The van der Waals surface area contributed by atoms with E-state index in [4.69, 9.17) is 4.74 Å². The van der Waals surface area contributed by atoms with Crippen molar-refractivity contribution in [1.29, 1.82) is 0 Å². The maximum absolute atomic E-state index is 12.0. The predicted octanol–water partition coefficient (Wildman–Crippen LogP) is 1.26. The first-order chi connectivity index (χ1) is 9.61. The van der Waals surface area contributed by atoms with E-state index in [1.54, 1.807) is 12.3 Å². The van der Waals surface area contributed by atoms with Crippen LogP contribution in [0.1, 0.15) is 16.1 Å². The summed E-state index contributed by atoms with van der Waals surface area (Å²) in [6, 6.07) is 5.56.